The van der Waals surface area contributed by atoms with Crippen LogP contribution in [0.3, 0.4) is 0 Å². The second kappa shape index (κ2) is 7.91. The van der Waals surface area contributed by atoms with Gasteiger partial charge in [-0.1, -0.05) is 68.4 Å². The summed E-state index contributed by atoms with van der Waals surface area (Å²) < 4.78 is 0. The van der Waals surface area contributed by atoms with Gasteiger partial charge in [0.1, 0.15) is 6.54 Å². The zero-order valence-corrected chi connectivity index (χ0v) is 15.3. The molecular weight excluding hydrogens is 326 g/mol. The Morgan fingerprint density at radius 2 is 1.77 bits per heavy atom. The van der Waals surface area contributed by atoms with Gasteiger partial charge in [-0.05, 0) is 22.3 Å². The number of carbonyl (C=O) groups is 1. The lowest BCUT2D eigenvalue weighted by atomic mass is 10.0. The van der Waals surface area contributed by atoms with Gasteiger partial charge in [0.15, 0.2) is 0 Å². The van der Waals surface area contributed by atoms with E-state index in [0.717, 1.165) is 11.1 Å². The Balaban J connectivity index is 1.63. The van der Waals surface area contributed by atoms with E-state index in [1.807, 2.05) is 42.5 Å². The van der Waals surface area contributed by atoms with Crippen molar-refractivity contribution in [2.24, 2.45) is 0 Å². The molecule has 1 heterocycles. The standard InChI is InChI=1S/C20H23N5O/c1-15(2)17-9-11-18(12-10-17)20-21-23-25(22-20)14-19(26)24(3)13-16-7-5-4-6-8-16/h4-12,15H,13-14H2,1-3H3. The van der Waals surface area contributed by atoms with Crippen LogP contribution in [-0.4, -0.2) is 38.1 Å². The Hall–Kier alpha value is -3.02. The fourth-order valence-electron chi connectivity index (χ4n) is 2.63. The van der Waals surface area contributed by atoms with E-state index in [1.165, 1.54) is 10.4 Å². The molecule has 0 spiro atoms. The predicted octanol–water partition coefficient (Wildman–Crippen LogP) is 3.12. The molecule has 0 N–H and O–H groups in total. The Kier molecular flexibility index (Phi) is 5.41. The average molecular weight is 349 g/mol. The first-order valence-electron chi connectivity index (χ1n) is 8.69. The molecule has 0 saturated heterocycles. The van der Waals surface area contributed by atoms with E-state index < -0.39 is 0 Å². The highest BCUT2D eigenvalue weighted by Gasteiger charge is 2.13. The average Bonchev–Trinajstić information content (AvgIpc) is 3.11. The molecule has 0 fully saturated rings. The number of likely N-dealkylation sites (N-methyl/N-ethyl adjacent to an activating group) is 1. The van der Waals surface area contributed by atoms with Crippen molar-refractivity contribution in [2.75, 3.05) is 7.05 Å². The molecule has 0 aliphatic carbocycles. The number of amides is 1. The third kappa shape index (κ3) is 4.33. The van der Waals surface area contributed by atoms with Crippen LogP contribution < -0.4 is 0 Å². The van der Waals surface area contributed by atoms with Gasteiger partial charge in [0.05, 0.1) is 0 Å². The molecule has 0 aliphatic rings. The first-order valence-corrected chi connectivity index (χ1v) is 8.69. The number of tetrazole rings is 1. The summed E-state index contributed by atoms with van der Waals surface area (Å²) in [6.45, 7) is 4.93. The maximum atomic E-state index is 12.4. The van der Waals surface area contributed by atoms with E-state index in [0.29, 0.717) is 18.3 Å². The van der Waals surface area contributed by atoms with Gasteiger partial charge >= 0.3 is 0 Å². The molecule has 0 aliphatic heterocycles. The van der Waals surface area contributed by atoms with Crippen molar-refractivity contribution >= 4 is 5.91 Å². The number of carbonyl (C=O) groups excluding carboxylic acids is 1. The van der Waals surface area contributed by atoms with E-state index in [-0.39, 0.29) is 12.5 Å². The molecule has 0 radical (unpaired) electrons. The van der Waals surface area contributed by atoms with Crippen LogP contribution in [0.25, 0.3) is 11.4 Å². The largest absolute Gasteiger partial charge is 0.340 e. The van der Waals surface area contributed by atoms with E-state index in [4.69, 9.17) is 0 Å². The van der Waals surface area contributed by atoms with Gasteiger partial charge < -0.3 is 4.90 Å². The quantitative estimate of drug-likeness (QED) is 0.686. The molecule has 1 amide bonds. The normalized spacial score (nSPS) is 10.9. The Bertz CT molecular complexity index is 855. The van der Waals surface area contributed by atoms with Crippen molar-refractivity contribution in [3.05, 3.63) is 65.7 Å². The molecule has 0 saturated carbocycles. The monoisotopic (exact) mass is 349 g/mol. The van der Waals surface area contributed by atoms with Crippen LogP contribution in [0, 0.1) is 0 Å². The molecule has 0 unspecified atom stereocenters. The lowest BCUT2D eigenvalue weighted by Gasteiger charge is -2.16. The third-order valence-electron chi connectivity index (χ3n) is 4.25. The number of aromatic nitrogens is 4. The fraction of sp³-hybridized carbons (Fsp3) is 0.300. The smallest absolute Gasteiger partial charge is 0.246 e. The minimum atomic E-state index is -0.0621. The van der Waals surface area contributed by atoms with Crippen LogP contribution in [0.5, 0.6) is 0 Å². The van der Waals surface area contributed by atoms with E-state index in [9.17, 15) is 4.79 Å². The summed E-state index contributed by atoms with van der Waals surface area (Å²) in [5, 5.41) is 12.4. The Morgan fingerprint density at radius 3 is 2.42 bits per heavy atom. The van der Waals surface area contributed by atoms with Crippen molar-refractivity contribution < 1.29 is 4.79 Å². The highest BCUT2D eigenvalue weighted by Crippen LogP contribution is 2.19. The van der Waals surface area contributed by atoms with Crippen LogP contribution in [-0.2, 0) is 17.9 Å². The van der Waals surface area contributed by atoms with Gasteiger partial charge in [-0.15, -0.1) is 10.2 Å². The number of rotatable bonds is 6. The summed E-state index contributed by atoms with van der Waals surface area (Å²) in [6, 6.07) is 18.0. The Labute approximate surface area is 153 Å². The summed E-state index contributed by atoms with van der Waals surface area (Å²) in [7, 11) is 1.78. The molecule has 6 nitrogen and oxygen atoms in total. The second-order valence-electron chi connectivity index (χ2n) is 6.66. The first-order chi connectivity index (χ1) is 12.5. The molecule has 26 heavy (non-hydrogen) atoms. The highest BCUT2D eigenvalue weighted by atomic mass is 16.2. The maximum absolute atomic E-state index is 12.4. The number of hydrogen-bond donors (Lipinski definition) is 0. The molecule has 2 aromatic carbocycles. The molecule has 6 heteroatoms. The molecule has 1 aromatic heterocycles. The molecule has 3 rings (SSSR count). The number of hydrogen-bond acceptors (Lipinski definition) is 4. The van der Waals surface area contributed by atoms with Gasteiger partial charge in [-0.25, -0.2) is 0 Å². The van der Waals surface area contributed by atoms with Gasteiger partial charge in [0, 0.05) is 19.2 Å². The van der Waals surface area contributed by atoms with Crippen LogP contribution in [0.2, 0.25) is 0 Å². The van der Waals surface area contributed by atoms with Crippen molar-refractivity contribution in [1.82, 2.24) is 25.1 Å². The summed E-state index contributed by atoms with van der Waals surface area (Å²) in [5.74, 6) is 0.942. The SMILES string of the molecule is CC(C)c1ccc(-c2nnn(CC(=O)N(C)Cc3ccccc3)n2)cc1. The minimum absolute atomic E-state index is 0.0621. The second-order valence-corrected chi connectivity index (χ2v) is 6.66. The van der Waals surface area contributed by atoms with Crippen molar-refractivity contribution in [3.63, 3.8) is 0 Å². The van der Waals surface area contributed by atoms with E-state index in [1.54, 1.807) is 11.9 Å². The maximum Gasteiger partial charge on any atom is 0.246 e. The number of nitrogens with zero attached hydrogens (tertiary/aromatic N) is 5. The van der Waals surface area contributed by atoms with E-state index >= 15 is 0 Å². The van der Waals surface area contributed by atoms with Gasteiger partial charge in [-0.2, -0.15) is 4.80 Å². The lowest BCUT2D eigenvalue weighted by molar-refractivity contribution is -0.131. The number of benzene rings is 2. The fourth-order valence-corrected chi connectivity index (χ4v) is 2.63. The zero-order valence-electron chi connectivity index (χ0n) is 15.3. The van der Waals surface area contributed by atoms with Crippen molar-refractivity contribution in [2.45, 2.75) is 32.9 Å². The predicted molar refractivity (Wildman–Crippen MR) is 100 cm³/mol. The molecule has 134 valence electrons. The van der Waals surface area contributed by atoms with Crippen LogP contribution in [0.1, 0.15) is 30.9 Å². The molecule has 0 atom stereocenters. The highest BCUT2D eigenvalue weighted by molar-refractivity contribution is 5.75. The van der Waals surface area contributed by atoms with Crippen LogP contribution >= 0.6 is 0 Å². The summed E-state index contributed by atoms with van der Waals surface area (Å²) in [4.78, 5) is 15.4. The summed E-state index contributed by atoms with van der Waals surface area (Å²) >= 11 is 0. The molecule has 3 aromatic rings. The topological polar surface area (TPSA) is 63.9 Å². The van der Waals surface area contributed by atoms with Crippen molar-refractivity contribution in [3.8, 4) is 11.4 Å². The minimum Gasteiger partial charge on any atom is -0.340 e. The zero-order chi connectivity index (χ0) is 18.5. The summed E-state index contributed by atoms with van der Waals surface area (Å²) in [5.41, 5.74) is 3.24. The van der Waals surface area contributed by atoms with Gasteiger partial charge in [-0.3, -0.25) is 4.79 Å². The van der Waals surface area contributed by atoms with Crippen LogP contribution in [0.15, 0.2) is 54.6 Å². The Morgan fingerprint density at radius 1 is 1.08 bits per heavy atom. The van der Waals surface area contributed by atoms with Gasteiger partial charge in [0.2, 0.25) is 11.7 Å². The van der Waals surface area contributed by atoms with E-state index in [2.05, 4.69) is 41.4 Å². The molecule has 0 bridgehead atoms. The lowest BCUT2D eigenvalue weighted by Crippen LogP contribution is -2.30. The van der Waals surface area contributed by atoms with Crippen LogP contribution in [0.4, 0.5) is 0 Å². The molecular formula is C20H23N5O. The van der Waals surface area contributed by atoms with Crippen molar-refractivity contribution in [1.29, 1.82) is 0 Å². The first kappa shape index (κ1) is 17.8. The van der Waals surface area contributed by atoms with Gasteiger partial charge in [0.25, 0.3) is 0 Å². The third-order valence-corrected chi connectivity index (χ3v) is 4.25. The summed E-state index contributed by atoms with van der Waals surface area (Å²) in [6.07, 6.45) is 0.